The number of rotatable bonds is 9. The van der Waals surface area contributed by atoms with Gasteiger partial charge in [-0.1, -0.05) is 30.3 Å². The van der Waals surface area contributed by atoms with E-state index < -0.39 is 0 Å². The van der Waals surface area contributed by atoms with Crippen molar-refractivity contribution in [3.8, 4) is 0 Å². The molecule has 2 aromatic carbocycles. The van der Waals surface area contributed by atoms with E-state index in [2.05, 4.69) is 29.6 Å². The summed E-state index contributed by atoms with van der Waals surface area (Å²) >= 11 is 0. The molecule has 0 aliphatic rings. The number of hydrogen-bond acceptors (Lipinski definition) is 3. The number of halogens is 1. The second-order valence-electron chi connectivity index (χ2n) is 6.97. The fraction of sp³-hybridized carbons (Fsp3) is 0.364. The third kappa shape index (κ3) is 5.12. The van der Waals surface area contributed by atoms with E-state index in [1.54, 1.807) is 23.2 Å². The molecule has 0 unspecified atom stereocenters. The van der Waals surface area contributed by atoms with Gasteiger partial charge in [-0.2, -0.15) is 0 Å². The van der Waals surface area contributed by atoms with Crippen LogP contribution in [-0.4, -0.2) is 28.0 Å². The summed E-state index contributed by atoms with van der Waals surface area (Å²) in [6.07, 6.45) is 3.40. The van der Waals surface area contributed by atoms with Crippen molar-refractivity contribution in [2.24, 2.45) is 14.1 Å². The molecule has 28 heavy (non-hydrogen) atoms. The van der Waals surface area contributed by atoms with E-state index in [1.165, 1.54) is 5.56 Å². The number of benzene rings is 2. The highest BCUT2D eigenvalue weighted by Gasteiger charge is 2.11. The highest BCUT2D eigenvalue weighted by Crippen LogP contribution is 2.16. The zero-order valence-corrected chi connectivity index (χ0v) is 17.3. The van der Waals surface area contributed by atoms with Crippen molar-refractivity contribution < 1.29 is 4.79 Å². The minimum Gasteiger partial charge on any atom is -0.316 e. The average molecular weight is 402 g/mol. The van der Waals surface area contributed by atoms with Crippen molar-refractivity contribution in [3.05, 3.63) is 70.1 Å². The molecule has 0 aliphatic heterocycles. The molecule has 0 saturated heterocycles. The first-order chi connectivity index (χ1) is 13.1. The van der Waals surface area contributed by atoms with Gasteiger partial charge >= 0.3 is 5.69 Å². The van der Waals surface area contributed by atoms with Crippen LogP contribution in [0.1, 0.15) is 35.2 Å². The van der Waals surface area contributed by atoms with Gasteiger partial charge < -0.3 is 5.32 Å². The molecule has 0 bridgehead atoms. The van der Waals surface area contributed by atoms with Crippen LogP contribution < -0.4 is 11.0 Å². The number of hydrogen-bond donors (Lipinski definition) is 1. The minimum absolute atomic E-state index is 0. The maximum atomic E-state index is 12.5. The smallest absolute Gasteiger partial charge is 0.316 e. The number of Topliss-reactive ketones (excluding diaryl/α,β-unsaturated/α-hetero) is 1. The van der Waals surface area contributed by atoms with Crippen LogP contribution in [0.2, 0.25) is 0 Å². The molecular weight excluding hydrogens is 374 g/mol. The van der Waals surface area contributed by atoms with Crippen LogP contribution in [0.4, 0.5) is 0 Å². The normalized spacial score (nSPS) is 10.8. The number of aryl methyl sites for hydroxylation is 2. The summed E-state index contributed by atoms with van der Waals surface area (Å²) in [4.78, 5) is 24.4. The summed E-state index contributed by atoms with van der Waals surface area (Å²) in [6, 6.07) is 15.9. The molecule has 0 atom stereocenters. The zero-order valence-electron chi connectivity index (χ0n) is 16.5. The Hall–Kier alpha value is -2.37. The third-order valence-corrected chi connectivity index (χ3v) is 5.03. The third-order valence-electron chi connectivity index (χ3n) is 5.03. The average Bonchev–Trinajstić information content (AvgIpc) is 2.91. The summed E-state index contributed by atoms with van der Waals surface area (Å²) < 4.78 is 3.19. The Balaban J connectivity index is 0.00000280. The maximum absolute atomic E-state index is 12.5. The lowest BCUT2D eigenvalue weighted by molar-refractivity contribution is 0.0979. The highest BCUT2D eigenvalue weighted by atomic mass is 35.5. The second-order valence-corrected chi connectivity index (χ2v) is 6.97. The quantitative estimate of drug-likeness (QED) is 0.441. The summed E-state index contributed by atoms with van der Waals surface area (Å²) in [5.41, 5.74) is 3.60. The highest BCUT2D eigenvalue weighted by molar-refractivity contribution is 5.99. The predicted molar refractivity (Wildman–Crippen MR) is 117 cm³/mol. The largest absolute Gasteiger partial charge is 0.328 e. The number of carbonyl (C=O) groups is 1. The number of nitrogens with one attached hydrogen (secondary N) is 1. The predicted octanol–water partition coefficient (Wildman–Crippen LogP) is 3.48. The van der Waals surface area contributed by atoms with Gasteiger partial charge in [0.25, 0.3) is 0 Å². The van der Waals surface area contributed by atoms with Crippen LogP contribution >= 0.6 is 12.4 Å². The van der Waals surface area contributed by atoms with Crippen LogP contribution in [0.3, 0.4) is 0 Å². The van der Waals surface area contributed by atoms with Crippen LogP contribution in [0.25, 0.3) is 11.0 Å². The molecule has 150 valence electrons. The molecular formula is C22H28ClN3O2. The van der Waals surface area contributed by atoms with Gasteiger partial charge in [0.1, 0.15) is 0 Å². The Bertz CT molecular complexity index is 977. The van der Waals surface area contributed by atoms with Gasteiger partial charge in [0.2, 0.25) is 0 Å². The fourth-order valence-corrected chi connectivity index (χ4v) is 3.36. The Kier molecular flexibility index (Phi) is 8.03. The molecule has 0 amide bonds. The second kappa shape index (κ2) is 10.2. The van der Waals surface area contributed by atoms with Gasteiger partial charge in [-0.05, 0) is 56.1 Å². The molecule has 0 spiro atoms. The molecule has 3 aromatic rings. The van der Waals surface area contributed by atoms with Crippen LogP contribution in [0.5, 0.6) is 0 Å². The number of fused-ring (bicyclic) bond motifs is 1. The van der Waals surface area contributed by atoms with E-state index in [9.17, 15) is 9.59 Å². The standard InChI is InChI=1S/C22H27N3O2.ClH/c1-24-19-12-11-18(16-20(19)25(2)22(24)27)21(26)10-6-7-14-23-15-13-17-8-4-3-5-9-17;/h3-5,8-9,11-12,16,23H,6-7,10,13-15H2,1-2H3;1H. The van der Waals surface area contributed by atoms with Crippen LogP contribution in [0, 0.1) is 0 Å². The topological polar surface area (TPSA) is 56.0 Å². The van der Waals surface area contributed by atoms with Crippen molar-refractivity contribution in [3.63, 3.8) is 0 Å². The Morgan fingerprint density at radius 1 is 0.929 bits per heavy atom. The SMILES string of the molecule is Cl.Cn1c(=O)n(C)c2cc(C(=O)CCCCNCCc3ccccc3)ccc21. The van der Waals surface area contributed by atoms with Gasteiger partial charge in [0.15, 0.2) is 5.78 Å². The fourth-order valence-electron chi connectivity index (χ4n) is 3.36. The number of unbranched alkanes of at least 4 members (excludes halogenated alkanes) is 1. The van der Waals surface area contributed by atoms with E-state index in [1.807, 2.05) is 24.3 Å². The lowest BCUT2D eigenvalue weighted by Crippen LogP contribution is -2.19. The van der Waals surface area contributed by atoms with Gasteiger partial charge in [0.05, 0.1) is 11.0 Å². The lowest BCUT2D eigenvalue weighted by atomic mass is 10.0. The van der Waals surface area contributed by atoms with Crippen molar-refractivity contribution in [1.82, 2.24) is 14.5 Å². The van der Waals surface area contributed by atoms with E-state index in [0.29, 0.717) is 12.0 Å². The summed E-state index contributed by atoms with van der Waals surface area (Å²) in [7, 11) is 3.48. The number of imidazole rings is 1. The van der Waals surface area contributed by atoms with Gasteiger partial charge in [0, 0.05) is 26.1 Å². The lowest BCUT2D eigenvalue weighted by Gasteiger charge is -2.05. The Morgan fingerprint density at radius 2 is 1.64 bits per heavy atom. The maximum Gasteiger partial charge on any atom is 0.328 e. The van der Waals surface area contributed by atoms with Gasteiger partial charge in [-0.25, -0.2) is 4.79 Å². The van der Waals surface area contributed by atoms with E-state index in [-0.39, 0.29) is 23.9 Å². The van der Waals surface area contributed by atoms with Crippen molar-refractivity contribution in [2.45, 2.75) is 25.7 Å². The molecule has 3 rings (SSSR count). The minimum atomic E-state index is -0.0730. The van der Waals surface area contributed by atoms with E-state index >= 15 is 0 Å². The number of nitrogens with zero attached hydrogens (tertiary/aromatic N) is 2. The molecule has 0 saturated carbocycles. The molecule has 5 nitrogen and oxygen atoms in total. The van der Waals surface area contributed by atoms with Crippen LogP contribution in [-0.2, 0) is 20.5 Å². The monoisotopic (exact) mass is 401 g/mol. The first kappa shape index (κ1) is 21.9. The van der Waals surface area contributed by atoms with Crippen molar-refractivity contribution >= 4 is 29.2 Å². The van der Waals surface area contributed by atoms with Gasteiger partial charge in [-0.15, -0.1) is 12.4 Å². The summed E-state index contributed by atoms with van der Waals surface area (Å²) in [5, 5.41) is 3.44. The molecule has 0 fully saturated rings. The first-order valence-electron chi connectivity index (χ1n) is 9.51. The molecule has 1 aromatic heterocycles. The number of carbonyl (C=O) groups excluding carboxylic acids is 1. The van der Waals surface area contributed by atoms with E-state index in [0.717, 1.165) is 43.4 Å². The number of aromatic nitrogens is 2. The molecule has 1 N–H and O–H groups in total. The summed E-state index contributed by atoms with van der Waals surface area (Å²) in [6.45, 7) is 1.88. The van der Waals surface area contributed by atoms with Gasteiger partial charge in [-0.3, -0.25) is 13.9 Å². The first-order valence-corrected chi connectivity index (χ1v) is 9.51. The summed E-state index contributed by atoms with van der Waals surface area (Å²) in [5.74, 6) is 0.137. The Labute approximate surface area is 171 Å². The molecule has 6 heteroatoms. The number of ketones is 1. The zero-order chi connectivity index (χ0) is 19.2. The Morgan fingerprint density at radius 3 is 2.39 bits per heavy atom. The molecule has 1 heterocycles. The van der Waals surface area contributed by atoms with Crippen molar-refractivity contribution in [1.29, 1.82) is 0 Å². The van der Waals surface area contributed by atoms with Crippen LogP contribution in [0.15, 0.2) is 53.3 Å². The van der Waals surface area contributed by atoms with E-state index in [4.69, 9.17) is 0 Å². The molecule has 0 radical (unpaired) electrons. The molecule has 0 aliphatic carbocycles. The van der Waals surface area contributed by atoms with Crippen molar-refractivity contribution in [2.75, 3.05) is 13.1 Å².